The topological polar surface area (TPSA) is 70.2 Å². The molecular weight excluding hydrogens is 376 g/mol. The van der Waals surface area contributed by atoms with Crippen molar-refractivity contribution >= 4 is 17.5 Å². The summed E-state index contributed by atoms with van der Waals surface area (Å²) in [5.41, 5.74) is 3.19. The van der Waals surface area contributed by atoms with Gasteiger partial charge in [-0.25, -0.2) is 0 Å². The van der Waals surface area contributed by atoms with Crippen molar-refractivity contribution in [3.63, 3.8) is 0 Å². The van der Waals surface area contributed by atoms with Crippen LogP contribution in [0.1, 0.15) is 15.9 Å². The van der Waals surface area contributed by atoms with E-state index in [4.69, 9.17) is 16.3 Å². The molecule has 28 heavy (non-hydrogen) atoms. The van der Waals surface area contributed by atoms with Gasteiger partial charge in [0.05, 0.1) is 6.20 Å². The van der Waals surface area contributed by atoms with Crippen LogP contribution in [0.2, 0.25) is 5.02 Å². The zero-order valence-electron chi connectivity index (χ0n) is 15.9. The maximum absolute atomic E-state index is 12.6. The lowest BCUT2D eigenvalue weighted by Gasteiger charge is -2.15. The Bertz CT molecular complexity index is 926. The number of hydrogen-bond donors (Lipinski definition) is 2. The number of hydrogen-bond acceptors (Lipinski definition) is 4. The summed E-state index contributed by atoms with van der Waals surface area (Å²) in [7, 11) is 3.97. The second kappa shape index (κ2) is 9.39. The average molecular weight is 399 g/mol. The standard InChI is InChI=1S/C21H23ClN4O2/c1-26(2)9-10-28-20-11-15(7-8-18(20)17-13-24-25-14-17)21(27)23-12-16-5-3-4-6-19(16)22/h3-8,11,13-14H,9-10,12H2,1-2H3,(H,23,27)(H,24,25). The molecule has 2 N–H and O–H groups in total. The molecule has 0 bridgehead atoms. The van der Waals surface area contributed by atoms with Gasteiger partial charge in [-0.1, -0.05) is 29.8 Å². The van der Waals surface area contributed by atoms with E-state index in [1.807, 2.05) is 43.3 Å². The Balaban J connectivity index is 1.77. The van der Waals surface area contributed by atoms with Crippen LogP contribution in [0.15, 0.2) is 54.9 Å². The molecule has 0 atom stereocenters. The van der Waals surface area contributed by atoms with Gasteiger partial charge in [-0.2, -0.15) is 5.10 Å². The molecule has 0 radical (unpaired) electrons. The van der Waals surface area contributed by atoms with Crippen molar-refractivity contribution in [3.05, 3.63) is 71.0 Å². The van der Waals surface area contributed by atoms with E-state index in [0.717, 1.165) is 23.2 Å². The fourth-order valence-electron chi connectivity index (χ4n) is 2.68. The third-order valence-corrected chi connectivity index (χ3v) is 4.62. The molecule has 2 aromatic carbocycles. The van der Waals surface area contributed by atoms with E-state index in [-0.39, 0.29) is 5.91 Å². The number of aromatic amines is 1. The van der Waals surface area contributed by atoms with E-state index in [1.54, 1.807) is 30.6 Å². The number of H-pyrrole nitrogens is 1. The van der Waals surface area contributed by atoms with Gasteiger partial charge in [0.2, 0.25) is 0 Å². The first-order valence-electron chi connectivity index (χ1n) is 8.97. The van der Waals surface area contributed by atoms with Crippen molar-refractivity contribution in [2.24, 2.45) is 0 Å². The summed E-state index contributed by atoms with van der Waals surface area (Å²) in [6, 6.07) is 12.9. The molecule has 3 aromatic rings. The van der Waals surface area contributed by atoms with Crippen LogP contribution in [0.25, 0.3) is 11.1 Å². The van der Waals surface area contributed by atoms with Crippen molar-refractivity contribution in [2.45, 2.75) is 6.54 Å². The predicted octanol–water partition coefficient (Wildman–Crippen LogP) is 3.60. The Kier molecular flexibility index (Phi) is 6.68. The summed E-state index contributed by atoms with van der Waals surface area (Å²) in [5.74, 6) is 0.463. The summed E-state index contributed by atoms with van der Waals surface area (Å²) in [4.78, 5) is 14.7. The second-order valence-electron chi connectivity index (χ2n) is 6.62. The molecule has 7 heteroatoms. The normalized spacial score (nSPS) is 10.9. The zero-order chi connectivity index (χ0) is 19.9. The third kappa shape index (κ3) is 5.12. The fourth-order valence-corrected chi connectivity index (χ4v) is 2.88. The molecule has 0 aliphatic heterocycles. The predicted molar refractivity (Wildman–Crippen MR) is 111 cm³/mol. The summed E-state index contributed by atoms with van der Waals surface area (Å²) in [6.45, 7) is 1.65. The van der Waals surface area contributed by atoms with Crippen LogP contribution in [-0.4, -0.2) is 48.3 Å². The van der Waals surface area contributed by atoms with E-state index < -0.39 is 0 Å². The second-order valence-corrected chi connectivity index (χ2v) is 7.03. The van der Waals surface area contributed by atoms with Crippen molar-refractivity contribution < 1.29 is 9.53 Å². The fraction of sp³-hybridized carbons (Fsp3) is 0.238. The highest BCUT2D eigenvalue weighted by molar-refractivity contribution is 6.31. The molecule has 3 rings (SSSR count). The number of nitrogens with zero attached hydrogens (tertiary/aromatic N) is 2. The highest BCUT2D eigenvalue weighted by atomic mass is 35.5. The summed E-state index contributed by atoms with van der Waals surface area (Å²) in [5, 5.41) is 10.3. The summed E-state index contributed by atoms with van der Waals surface area (Å²) in [6.07, 6.45) is 3.52. The highest BCUT2D eigenvalue weighted by Gasteiger charge is 2.13. The first-order chi connectivity index (χ1) is 13.5. The van der Waals surface area contributed by atoms with Gasteiger partial charge in [-0.3, -0.25) is 9.89 Å². The highest BCUT2D eigenvalue weighted by Crippen LogP contribution is 2.30. The van der Waals surface area contributed by atoms with Crippen molar-refractivity contribution in [1.82, 2.24) is 20.4 Å². The lowest BCUT2D eigenvalue weighted by atomic mass is 10.0. The summed E-state index contributed by atoms with van der Waals surface area (Å²) >= 11 is 6.16. The average Bonchev–Trinajstić information content (AvgIpc) is 3.21. The number of carbonyl (C=O) groups excluding carboxylic acids is 1. The molecule has 1 aromatic heterocycles. The SMILES string of the molecule is CN(C)CCOc1cc(C(=O)NCc2ccccc2Cl)ccc1-c1cn[nH]c1. The van der Waals surface area contributed by atoms with Gasteiger partial charge < -0.3 is 15.0 Å². The van der Waals surface area contributed by atoms with Crippen molar-refractivity contribution in [2.75, 3.05) is 27.2 Å². The Morgan fingerprint density at radius 3 is 2.79 bits per heavy atom. The number of likely N-dealkylation sites (N-methyl/N-ethyl adjacent to an activating group) is 1. The number of rotatable bonds is 8. The molecule has 1 amide bonds. The number of amides is 1. The number of aromatic nitrogens is 2. The van der Waals surface area contributed by atoms with Gasteiger partial charge in [0, 0.05) is 41.0 Å². The van der Waals surface area contributed by atoms with Gasteiger partial charge in [0.15, 0.2) is 0 Å². The molecule has 1 heterocycles. The molecule has 0 saturated carbocycles. The van der Waals surface area contributed by atoms with Gasteiger partial charge in [0.1, 0.15) is 12.4 Å². The number of halogens is 1. The van der Waals surface area contributed by atoms with Gasteiger partial charge in [-0.15, -0.1) is 0 Å². The monoisotopic (exact) mass is 398 g/mol. The van der Waals surface area contributed by atoms with E-state index >= 15 is 0 Å². The van der Waals surface area contributed by atoms with Crippen LogP contribution < -0.4 is 10.1 Å². The molecule has 0 aliphatic carbocycles. The molecule has 146 valence electrons. The van der Waals surface area contributed by atoms with E-state index in [1.165, 1.54) is 0 Å². The van der Waals surface area contributed by atoms with E-state index in [9.17, 15) is 4.79 Å². The quantitative estimate of drug-likeness (QED) is 0.608. The van der Waals surface area contributed by atoms with E-state index in [2.05, 4.69) is 15.5 Å². The number of nitrogens with one attached hydrogen (secondary N) is 2. The number of benzene rings is 2. The van der Waals surface area contributed by atoms with Crippen LogP contribution in [0.5, 0.6) is 5.75 Å². The molecule has 0 aliphatic rings. The van der Waals surface area contributed by atoms with Gasteiger partial charge >= 0.3 is 0 Å². The molecule has 6 nitrogen and oxygen atoms in total. The maximum atomic E-state index is 12.6. The summed E-state index contributed by atoms with van der Waals surface area (Å²) < 4.78 is 5.96. The van der Waals surface area contributed by atoms with Gasteiger partial charge in [-0.05, 0) is 43.9 Å². The Morgan fingerprint density at radius 1 is 1.25 bits per heavy atom. The van der Waals surface area contributed by atoms with Crippen LogP contribution >= 0.6 is 11.6 Å². The first kappa shape index (κ1) is 19.9. The largest absolute Gasteiger partial charge is 0.492 e. The van der Waals surface area contributed by atoms with Crippen molar-refractivity contribution in [3.8, 4) is 16.9 Å². The van der Waals surface area contributed by atoms with Crippen LogP contribution in [0.4, 0.5) is 0 Å². The molecule has 0 saturated heterocycles. The van der Waals surface area contributed by atoms with Crippen molar-refractivity contribution in [1.29, 1.82) is 0 Å². The minimum absolute atomic E-state index is 0.184. The minimum atomic E-state index is -0.184. The molecule has 0 spiro atoms. The third-order valence-electron chi connectivity index (χ3n) is 4.25. The Morgan fingerprint density at radius 2 is 2.07 bits per heavy atom. The minimum Gasteiger partial charge on any atom is -0.492 e. The Labute approximate surface area is 169 Å². The lowest BCUT2D eigenvalue weighted by molar-refractivity contribution is 0.0950. The van der Waals surface area contributed by atoms with Crippen LogP contribution in [-0.2, 0) is 6.54 Å². The zero-order valence-corrected chi connectivity index (χ0v) is 16.7. The van der Waals surface area contributed by atoms with Crippen LogP contribution in [0.3, 0.4) is 0 Å². The van der Waals surface area contributed by atoms with Gasteiger partial charge in [0.25, 0.3) is 5.91 Å². The molecule has 0 unspecified atom stereocenters. The van der Waals surface area contributed by atoms with Crippen LogP contribution in [0, 0.1) is 0 Å². The number of carbonyl (C=O) groups is 1. The Hall–Kier alpha value is -2.83. The maximum Gasteiger partial charge on any atom is 0.251 e. The van der Waals surface area contributed by atoms with E-state index in [0.29, 0.717) is 29.5 Å². The first-order valence-corrected chi connectivity index (χ1v) is 9.34. The molecule has 0 fully saturated rings. The number of ether oxygens (including phenoxy) is 1. The molecular formula is C21H23ClN4O2. The smallest absolute Gasteiger partial charge is 0.251 e. The lowest BCUT2D eigenvalue weighted by Crippen LogP contribution is -2.23.